The third-order valence-corrected chi connectivity index (χ3v) is 6.56. The Morgan fingerprint density at radius 1 is 1.17 bits per heavy atom. The van der Waals surface area contributed by atoms with Crippen molar-refractivity contribution in [3.05, 3.63) is 60.6 Å². The Kier molecular flexibility index (Phi) is 5.99. The van der Waals surface area contributed by atoms with Crippen molar-refractivity contribution in [2.45, 2.75) is 19.8 Å². The molecule has 156 valence electrons. The van der Waals surface area contributed by atoms with Crippen molar-refractivity contribution in [3.8, 4) is 10.6 Å². The molecule has 0 amide bonds. The topological polar surface area (TPSA) is 57.2 Å². The number of hydrogen-bond acceptors (Lipinski definition) is 7. The van der Waals surface area contributed by atoms with Gasteiger partial charge >= 0.3 is 0 Å². The first-order valence-corrected chi connectivity index (χ1v) is 11.1. The first-order valence-electron chi connectivity index (χ1n) is 10.2. The highest BCUT2D eigenvalue weighted by molar-refractivity contribution is 7.18. The monoisotopic (exact) mass is 420 g/mol. The molecular formula is C23H28N6S. The van der Waals surface area contributed by atoms with E-state index in [9.17, 15) is 0 Å². The van der Waals surface area contributed by atoms with E-state index >= 15 is 0 Å². The number of anilines is 3. The maximum atomic E-state index is 4.76. The molecule has 0 saturated carbocycles. The highest BCUT2D eigenvalue weighted by Gasteiger charge is 2.24. The number of aryl methyl sites for hydroxylation is 1. The van der Waals surface area contributed by atoms with Crippen molar-refractivity contribution >= 4 is 28.1 Å². The molecule has 1 saturated heterocycles. The van der Waals surface area contributed by atoms with Gasteiger partial charge in [0.1, 0.15) is 11.6 Å². The SMILES string of the molecule is C=C(C1CCN(c2ncc(-c3cccc(Nc4cc(C)ccn4)n3)s2)CC1)N(C)C. The molecule has 3 aromatic heterocycles. The molecule has 1 aliphatic rings. The molecule has 1 fully saturated rings. The third kappa shape index (κ3) is 4.62. The van der Waals surface area contributed by atoms with Crippen molar-refractivity contribution in [1.82, 2.24) is 19.9 Å². The molecule has 30 heavy (non-hydrogen) atoms. The number of nitrogens with zero attached hydrogens (tertiary/aromatic N) is 5. The van der Waals surface area contributed by atoms with E-state index in [4.69, 9.17) is 4.98 Å². The molecule has 3 aromatic rings. The van der Waals surface area contributed by atoms with Crippen LogP contribution in [0.5, 0.6) is 0 Å². The number of pyridine rings is 2. The van der Waals surface area contributed by atoms with Crippen LogP contribution in [0.15, 0.2) is 55.0 Å². The molecule has 6 nitrogen and oxygen atoms in total. The summed E-state index contributed by atoms with van der Waals surface area (Å²) in [7, 11) is 4.15. The highest BCUT2D eigenvalue weighted by Crippen LogP contribution is 2.34. The van der Waals surface area contributed by atoms with Gasteiger partial charge in [0, 0.05) is 51.2 Å². The number of hydrogen-bond donors (Lipinski definition) is 1. The van der Waals surface area contributed by atoms with Gasteiger partial charge in [0.2, 0.25) is 0 Å². The maximum Gasteiger partial charge on any atom is 0.185 e. The Hall–Kier alpha value is -2.93. The summed E-state index contributed by atoms with van der Waals surface area (Å²) in [5, 5.41) is 4.36. The van der Waals surface area contributed by atoms with Gasteiger partial charge in [-0.05, 0) is 49.6 Å². The van der Waals surface area contributed by atoms with Gasteiger partial charge in [-0.2, -0.15) is 0 Å². The fourth-order valence-corrected chi connectivity index (χ4v) is 4.61. The minimum Gasteiger partial charge on any atom is -0.381 e. The van der Waals surface area contributed by atoms with E-state index in [1.807, 2.05) is 36.5 Å². The normalized spacial score (nSPS) is 14.6. The summed E-state index contributed by atoms with van der Waals surface area (Å²) in [6.45, 7) is 8.31. The van der Waals surface area contributed by atoms with E-state index in [0.29, 0.717) is 5.92 Å². The first kappa shape index (κ1) is 20.3. The molecule has 7 heteroatoms. The summed E-state index contributed by atoms with van der Waals surface area (Å²) in [6, 6.07) is 9.98. The fraction of sp³-hybridized carbons (Fsp3) is 0.348. The number of aromatic nitrogens is 3. The van der Waals surface area contributed by atoms with Crippen LogP contribution in [0.2, 0.25) is 0 Å². The number of piperidine rings is 1. The lowest BCUT2D eigenvalue weighted by Gasteiger charge is -2.34. The van der Waals surface area contributed by atoms with Crippen LogP contribution in [-0.4, -0.2) is 47.0 Å². The maximum absolute atomic E-state index is 4.76. The van der Waals surface area contributed by atoms with Gasteiger partial charge < -0.3 is 15.1 Å². The lowest BCUT2D eigenvalue weighted by atomic mass is 9.94. The Labute approximate surface area is 182 Å². The summed E-state index contributed by atoms with van der Waals surface area (Å²) < 4.78 is 0. The van der Waals surface area contributed by atoms with Crippen LogP contribution < -0.4 is 10.2 Å². The van der Waals surface area contributed by atoms with E-state index in [-0.39, 0.29) is 0 Å². The van der Waals surface area contributed by atoms with Gasteiger partial charge in [0.25, 0.3) is 0 Å². The highest BCUT2D eigenvalue weighted by atomic mass is 32.1. The Morgan fingerprint density at radius 3 is 2.70 bits per heavy atom. The first-order chi connectivity index (χ1) is 14.5. The molecule has 0 bridgehead atoms. The van der Waals surface area contributed by atoms with E-state index in [1.54, 1.807) is 17.5 Å². The summed E-state index contributed by atoms with van der Waals surface area (Å²) in [5.74, 6) is 2.14. The van der Waals surface area contributed by atoms with Crippen LogP contribution in [0.3, 0.4) is 0 Å². The molecular weight excluding hydrogens is 392 g/mol. The van der Waals surface area contributed by atoms with Crippen molar-refractivity contribution in [1.29, 1.82) is 0 Å². The van der Waals surface area contributed by atoms with Gasteiger partial charge in [-0.1, -0.05) is 24.0 Å². The summed E-state index contributed by atoms with van der Waals surface area (Å²) in [4.78, 5) is 19.4. The minimum atomic E-state index is 0.565. The van der Waals surface area contributed by atoms with Crippen molar-refractivity contribution < 1.29 is 0 Å². The number of allylic oxidation sites excluding steroid dienone is 1. The average Bonchev–Trinajstić information content (AvgIpc) is 3.24. The second kappa shape index (κ2) is 8.83. The Balaban J connectivity index is 1.44. The van der Waals surface area contributed by atoms with Gasteiger partial charge in [-0.15, -0.1) is 0 Å². The van der Waals surface area contributed by atoms with Crippen LogP contribution in [0.4, 0.5) is 16.8 Å². The predicted octanol–water partition coefficient (Wildman–Crippen LogP) is 4.94. The molecule has 4 heterocycles. The van der Waals surface area contributed by atoms with E-state index in [0.717, 1.165) is 58.8 Å². The van der Waals surface area contributed by atoms with E-state index < -0.39 is 0 Å². The Bertz CT molecular complexity index is 1020. The third-order valence-electron chi connectivity index (χ3n) is 5.48. The van der Waals surface area contributed by atoms with E-state index in [1.165, 1.54) is 5.70 Å². The molecule has 1 aliphatic heterocycles. The second-order valence-corrected chi connectivity index (χ2v) is 8.91. The van der Waals surface area contributed by atoms with Crippen LogP contribution in [-0.2, 0) is 0 Å². The number of rotatable bonds is 6. The van der Waals surface area contributed by atoms with Gasteiger partial charge in [-0.3, -0.25) is 0 Å². The van der Waals surface area contributed by atoms with Crippen LogP contribution in [0.25, 0.3) is 10.6 Å². The molecule has 0 unspecified atom stereocenters. The summed E-state index contributed by atoms with van der Waals surface area (Å²) >= 11 is 1.70. The largest absolute Gasteiger partial charge is 0.381 e. The van der Waals surface area contributed by atoms with Crippen LogP contribution in [0.1, 0.15) is 18.4 Å². The van der Waals surface area contributed by atoms with E-state index in [2.05, 4.69) is 52.7 Å². The van der Waals surface area contributed by atoms with Gasteiger partial charge in [-0.25, -0.2) is 15.0 Å². The lowest BCUT2D eigenvalue weighted by Crippen LogP contribution is -2.35. The fourth-order valence-electron chi connectivity index (χ4n) is 3.68. The molecule has 0 spiro atoms. The molecule has 4 rings (SSSR count). The predicted molar refractivity (Wildman–Crippen MR) is 125 cm³/mol. The standard InChI is InChI=1S/C23H28N6S/c1-16-8-11-24-22(14-16)27-21-7-5-6-19(26-21)20-15-25-23(30-20)29-12-9-18(10-13-29)17(2)28(3)4/h5-8,11,14-15,18H,2,9-10,12-13H2,1,3-4H3,(H,24,26,27). The Morgan fingerprint density at radius 2 is 1.97 bits per heavy atom. The zero-order valence-corrected chi connectivity index (χ0v) is 18.6. The van der Waals surface area contributed by atoms with Crippen LogP contribution >= 0.6 is 11.3 Å². The lowest BCUT2D eigenvalue weighted by molar-refractivity contribution is 0.363. The summed E-state index contributed by atoms with van der Waals surface area (Å²) in [6.07, 6.45) is 5.97. The van der Waals surface area contributed by atoms with Crippen LogP contribution in [0, 0.1) is 12.8 Å². The number of nitrogens with one attached hydrogen (secondary N) is 1. The molecule has 0 aromatic carbocycles. The quantitative estimate of drug-likeness (QED) is 0.609. The zero-order chi connectivity index (χ0) is 21.1. The minimum absolute atomic E-state index is 0.565. The summed E-state index contributed by atoms with van der Waals surface area (Å²) in [5.41, 5.74) is 3.31. The van der Waals surface area contributed by atoms with Gasteiger partial charge in [0.15, 0.2) is 5.13 Å². The van der Waals surface area contributed by atoms with Gasteiger partial charge in [0.05, 0.1) is 10.6 Å². The van der Waals surface area contributed by atoms with Crippen molar-refractivity contribution in [3.63, 3.8) is 0 Å². The molecule has 0 radical (unpaired) electrons. The second-order valence-electron chi connectivity index (χ2n) is 7.91. The zero-order valence-electron chi connectivity index (χ0n) is 17.8. The molecule has 0 aliphatic carbocycles. The van der Waals surface area contributed by atoms with Crippen molar-refractivity contribution in [2.75, 3.05) is 37.4 Å². The smallest absolute Gasteiger partial charge is 0.185 e. The number of thiazole rings is 1. The average molecular weight is 421 g/mol. The molecule has 0 atom stereocenters. The van der Waals surface area contributed by atoms with Crippen molar-refractivity contribution in [2.24, 2.45) is 5.92 Å². The molecule has 1 N–H and O–H groups in total.